The molecule has 0 radical (unpaired) electrons. The summed E-state index contributed by atoms with van der Waals surface area (Å²) in [5.74, 6) is 0. The van der Waals surface area contributed by atoms with Crippen LogP contribution in [0.3, 0.4) is 0 Å². The fraction of sp³-hybridized carbons (Fsp3) is 1.00. The lowest BCUT2D eigenvalue weighted by Gasteiger charge is -2.32. The number of hydrogen-bond acceptors (Lipinski definition) is 2. The van der Waals surface area contributed by atoms with Crippen LogP contribution in [-0.4, -0.2) is 42.9 Å². The normalized spacial score (nSPS) is 17.6. The maximum absolute atomic E-state index is 12.4. The maximum Gasteiger partial charge on any atom is 0.405 e. The SMILES string of the molecule is CC(N)C(N(C)CCC(F)(F)F)C(F)(F)F. The summed E-state index contributed by atoms with van der Waals surface area (Å²) in [7, 11) is 0.979. The van der Waals surface area contributed by atoms with Crippen molar-refractivity contribution in [2.24, 2.45) is 5.73 Å². The maximum atomic E-state index is 12.4. The molecule has 0 saturated heterocycles. The van der Waals surface area contributed by atoms with E-state index in [1.54, 1.807) is 0 Å². The molecule has 0 aromatic heterocycles. The van der Waals surface area contributed by atoms with Crippen LogP contribution in [0.15, 0.2) is 0 Å². The number of alkyl halides is 6. The van der Waals surface area contributed by atoms with E-state index in [0.29, 0.717) is 4.90 Å². The van der Waals surface area contributed by atoms with Crippen molar-refractivity contribution in [3.63, 3.8) is 0 Å². The predicted octanol–water partition coefficient (Wildman–Crippen LogP) is 2.15. The number of hydrogen-bond donors (Lipinski definition) is 1. The van der Waals surface area contributed by atoms with Crippen LogP contribution in [-0.2, 0) is 0 Å². The van der Waals surface area contributed by atoms with E-state index in [9.17, 15) is 26.3 Å². The van der Waals surface area contributed by atoms with Crippen LogP contribution in [0.4, 0.5) is 26.3 Å². The number of nitrogens with zero attached hydrogens (tertiary/aromatic N) is 1. The zero-order chi connectivity index (χ0) is 13.1. The topological polar surface area (TPSA) is 29.3 Å². The molecule has 8 heteroatoms. The molecule has 0 aromatic carbocycles. The molecule has 2 atom stereocenters. The summed E-state index contributed by atoms with van der Waals surface area (Å²) >= 11 is 0. The molecule has 0 rings (SSSR count). The molecule has 16 heavy (non-hydrogen) atoms. The van der Waals surface area contributed by atoms with Gasteiger partial charge >= 0.3 is 12.4 Å². The Morgan fingerprint density at radius 3 is 1.81 bits per heavy atom. The first-order chi connectivity index (χ1) is 6.95. The fourth-order valence-electron chi connectivity index (χ4n) is 1.39. The van der Waals surface area contributed by atoms with Gasteiger partial charge < -0.3 is 5.73 Å². The molecular formula is C8H14F6N2. The van der Waals surface area contributed by atoms with Crippen LogP contribution in [0, 0.1) is 0 Å². The second-order valence-corrected chi connectivity index (χ2v) is 3.69. The minimum Gasteiger partial charge on any atom is -0.326 e. The van der Waals surface area contributed by atoms with Gasteiger partial charge in [-0.05, 0) is 14.0 Å². The molecule has 0 aliphatic rings. The zero-order valence-electron chi connectivity index (χ0n) is 8.86. The van der Waals surface area contributed by atoms with Crippen molar-refractivity contribution in [3.8, 4) is 0 Å². The van der Waals surface area contributed by atoms with Crippen LogP contribution in [0.1, 0.15) is 13.3 Å². The molecule has 2 N–H and O–H groups in total. The minimum absolute atomic E-state index is 0.582. The smallest absolute Gasteiger partial charge is 0.326 e. The Morgan fingerprint density at radius 2 is 1.56 bits per heavy atom. The third kappa shape index (κ3) is 5.55. The van der Waals surface area contributed by atoms with Crippen molar-refractivity contribution in [2.45, 2.75) is 37.8 Å². The summed E-state index contributed by atoms with van der Waals surface area (Å²) in [5, 5.41) is 0. The molecule has 2 unspecified atom stereocenters. The molecular weight excluding hydrogens is 238 g/mol. The summed E-state index contributed by atoms with van der Waals surface area (Å²) in [6.45, 7) is 0.386. The predicted molar refractivity (Wildman–Crippen MR) is 46.8 cm³/mol. The van der Waals surface area contributed by atoms with Crippen LogP contribution < -0.4 is 5.73 Å². The first kappa shape index (κ1) is 15.5. The Balaban J connectivity index is 4.47. The van der Waals surface area contributed by atoms with E-state index in [1.807, 2.05) is 0 Å². The second-order valence-electron chi connectivity index (χ2n) is 3.69. The lowest BCUT2D eigenvalue weighted by molar-refractivity contribution is -0.191. The third-order valence-electron chi connectivity index (χ3n) is 2.06. The highest BCUT2D eigenvalue weighted by Gasteiger charge is 2.45. The molecule has 0 saturated carbocycles. The lowest BCUT2D eigenvalue weighted by Crippen LogP contribution is -2.54. The molecule has 0 aromatic rings. The highest BCUT2D eigenvalue weighted by molar-refractivity contribution is 4.84. The monoisotopic (exact) mass is 252 g/mol. The van der Waals surface area contributed by atoms with Gasteiger partial charge in [0.1, 0.15) is 6.04 Å². The average Bonchev–Trinajstić information content (AvgIpc) is 1.95. The van der Waals surface area contributed by atoms with Crippen LogP contribution in [0.5, 0.6) is 0 Å². The summed E-state index contributed by atoms with van der Waals surface area (Å²) in [5.41, 5.74) is 5.12. The zero-order valence-corrected chi connectivity index (χ0v) is 8.86. The Bertz CT molecular complexity index is 210. The Kier molecular flexibility index (Phi) is 5.06. The molecule has 0 aliphatic heterocycles. The Hall–Kier alpha value is -0.500. The number of rotatable bonds is 4. The average molecular weight is 252 g/mol. The van der Waals surface area contributed by atoms with Crippen molar-refractivity contribution in [1.82, 2.24) is 4.90 Å². The Morgan fingerprint density at radius 1 is 1.12 bits per heavy atom. The van der Waals surface area contributed by atoms with E-state index >= 15 is 0 Å². The van der Waals surface area contributed by atoms with Gasteiger partial charge in [-0.15, -0.1) is 0 Å². The fourth-order valence-corrected chi connectivity index (χ4v) is 1.39. The van der Waals surface area contributed by atoms with Gasteiger partial charge in [0, 0.05) is 12.6 Å². The largest absolute Gasteiger partial charge is 0.405 e. The standard InChI is InChI=1S/C8H14F6N2/c1-5(15)6(8(12,13)14)16(2)4-3-7(9,10)11/h5-6H,3-4,15H2,1-2H3. The number of halogens is 6. The highest BCUT2D eigenvalue weighted by Crippen LogP contribution is 2.27. The summed E-state index contributed by atoms with van der Waals surface area (Å²) in [6, 6.07) is -3.34. The van der Waals surface area contributed by atoms with Gasteiger partial charge in [0.15, 0.2) is 0 Å². The van der Waals surface area contributed by atoms with Crippen LogP contribution >= 0.6 is 0 Å². The van der Waals surface area contributed by atoms with E-state index in [-0.39, 0.29) is 0 Å². The van der Waals surface area contributed by atoms with Gasteiger partial charge in [0.05, 0.1) is 6.42 Å². The van der Waals surface area contributed by atoms with Crippen molar-refractivity contribution >= 4 is 0 Å². The van der Waals surface area contributed by atoms with E-state index in [1.165, 1.54) is 0 Å². The molecule has 0 fully saturated rings. The van der Waals surface area contributed by atoms with E-state index in [2.05, 4.69) is 0 Å². The summed E-state index contributed by atoms with van der Waals surface area (Å²) < 4.78 is 72.8. The van der Waals surface area contributed by atoms with Crippen molar-refractivity contribution in [3.05, 3.63) is 0 Å². The molecule has 0 amide bonds. The van der Waals surface area contributed by atoms with Crippen LogP contribution in [0.25, 0.3) is 0 Å². The first-order valence-electron chi connectivity index (χ1n) is 4.54. The van der Waals surface area contributed by atoms with E-state index < -0.39 is 37.4 Å². The Labute approximate surface area is 89.4 Å². The van der Waals surface area contributed by atoms with Gasteiger partial charge in [-0.3, -0.25) is 4.90 Å². The molecule has 0 aliphatic carbocycles. The third-order valence-corrected chi connectivity index (χ3v) is 2.06. The summed E-state index contributed by atoms with van der Waals surface area (Å²) in [4.78, 5) is 0.582. The van der Waals surface area contributed by atoms with E-state index in [4.69, 9.17) is 5.73 Å². The van der Waals surface area contributed by atoms with Gasteiger partial charge in [-0.2, -0.15) is 26.3 Å². The number of nitrogens with two attached hydrogens (primary N) is 1. The first-order valence-corrected chi connectivity index (χ1v) is 4.54. The quantitative estimate of drug-likeness (QED) is 0.777. The van der Waals surface area contributed by atoms with Crippen molar-refractivity contribution in [1.29, 1.82) is 0 Å². The minimum atomic E-state index is -4.63. The molecule has 98 valence electrons. The van der Waals surface area contributed by atoms with Crippen molar-refractivity contribution in [2.75, 3.05) is 13.6 Å². The number of likely N-dealkylation sites (N-methyl/N-ethyl adjacent to an activating group) is 1. The van der Waals surface area contributed by atoms with Gasteiger partial charge in [-0.1, -0.05) is 0 Å². The highest BCUT2D eigenvalue weighted by atomic mass is 19.4. The van der Waals surface area contributed by atoms with Gasteiger partial charge in [0.25, 0.3) is 0 Å². The molecule has 0 heterocycles. The lowest BCUT2D eigenvalue weighted by atomic mass is 10.1. The van der Waals surface area contributed by atoms with Gasteiger partial charge in [-0.25, -0.2) is 0 Å². The van der Waals surface area contributed by atoms with Crippen molar-refractivity contribution < 1.29 is 26.3 Å². The molecule has 0 bridgehead atoms. The molecule has 2 nitrogen and oxygen atoms in total. The summed E-state index contributed by atoms with van der Waals surface area (Å²) in [6.07, 6.45) is -10.4. The second kappa shape index (κ2) is 5.22. The van der Waals surface area contributed by atoms with Crippen LogP contribution in [0.2, 0.25) is 0 Å². The van der Waals surface area contributed by atoms with E-state index in [0.717, 1.165) is 14.0 Å². The van der Waals surface area contributed by atoms with Gasteiger partial charge in [0.2, 0.25) is 0 Å². The molecule has 0 spiro atoms.